The Morgan fingerprint density at radius 1 is 1.55 bits per heavy atom. The molecule has 0 aromatic heterocycles. The van der Waals surface area contributed by atoms with Crippen LogP contribution in [0, 0.1) is 5.92 Å². The average Bonchev–Trinajstić information content (AvgIpc) is 2.87. The number of nitrogens with zero attached hydrogens (tertiary/aromatic N) is 1. The second-order valence-electron chi connectivity index (χ2n) is 5.05. The van der Waals surface area contributed by atoms with Crippen LogP contribution in [0.3, 0.4) is 0 Å². The van der Waals surface area contributed by atoms with Crippen molar-refractivity contribution in [3.63, 3.8) is 0 Å². The Morgan fingerprint density at radius 2 is 2.30 bits per heavy atom. The van der Waals surface area contributed by atoms with Crippen LogP contribution in [-0.2, 0) is 0 Å². The van der Waals surface area contributed by atoms with Crippen molar-refractivity contribution in [2.45, 2.75) is 19.4 Å². The molecule has 1 aliphatic heterocycles. The lowest BCUT2D eigenvalue weighted by atomic mass is 10.0. The van der Waals surface area contributed by atoms with Crippen LogP contribution in [0.5, 0.6) is 5.75 Å². The van der Waals surface area contributed by atoms with E-state index >= 15 is 0 Å². The van der Waals surface area contributed by atoms with Gasteiger partial charge in [0.25, 0.3) is 0 Å². The molecule has 0 bridgehead atoms. The fourth-order valence-corrected chi connectivity index (χ4v) is 2.79. The molecule has 0 aliphatic carbocycles. The van der Waals surface area contributed by atoms with E-state index < -0.39 is 0 Å². The molecule has 1 saturated heterocycles. The number of carbonyl (C=O) groups excluding carboxylic acids is 1. The monoisotopic (exact) mass is 342 g/mol. The first-order valence-electron chi connectivity index (χ1n) is 6.58. The number of anilines is 1. The van der Waals surface area contributed by atoms with E-state index in [2.05, 4.69) is 21.2 Å². The molecule has 0 spiro atoms. The van der Waals surface area contributed by atoms with Crippen molar-refractivity contribution < 1.29 is 14.6 Å². The Bertz CT molecular complexity index is 493. The first-order valence-corrected chi connectivity index (χ1v) is 7.37. The highest BCUT2D eigenvalue weighted by Crippen LogP contribution is 2.26. The van der Waals surface area contributed by atoms with Crippen molar-refractivity contribution in [1.29, 1.82) is 0 Å². The zero-order valence-electron chi connectivity index (χ0n) is 11.6. The van der Waals surface area contributed by atoms with Gasteiger partial charge >= 0.3 is 6.03 Å². The molecular formula is C14H19BrN2O3. The van der Waals surface area contributed by atoms with Crippen molar-refractivity contribution in [1.82, 2.24) is 4.90 Å². The summed E-state index contributed by atoms with van der Waals surface area (Å²) in [5.41, 5.74) is 0.682. The number of carbonyl (C=O) groups is 1. The quantitative estimate of drug-likeness (QED) is 0.887. The molecule has 20 heavy (non-hydrogen) atoms. The van der Waals surface area contributed by atoms with Gasteiger partial charge in [-0.15, -0.1) is 0 Å². The Morgan fingerprint density at radius 3 is 2.90 bits per heavy atom. The van der Waals surface area contributed by atoms with Gasteiger partial charge in [0.15, 0.2) is 0 Å². The van der Waals surface area contributed by atoms with E-state index in [0.717, 1.165) is 10.9 Å². The molecule has 1 fully saturated rings. The number of hydrogen-bond acceptors (Lipinski definition) is 3. The Kier molecular flexibility index (Phi) is 4.88. The molecule has 1 aliphatic rings. The van der Waals surface area contributed by atoms with Gasteiger partial charge in [0.05, 0.1) is 13.2 Å². The summed E-state index contributed by atoms with van der Waals surface area (Å²) in [5, 5.41) is 12.4. The zero-order chi connectivity index (χ0) is 14.7. The standard InChI is InChI=1S/C14H19BrN2O3/c1-9(18)10-3-4-17(8-10)14(19)16-12-5-11(15)6-13(7-12)20-2/h5-7,9-10,18H,3-4,8H2,1-2H3,(H,16,19)/t9-,10+/m0/s1. The molecule has 2 rings (SSSR count). The van der Waals surface area contributed by atoms with Crippen molar-refractivity contribution in [2.75, 3.05) is 25.5 Å². The van der Waals surface area contributed by atoms with Gasteiger partial charge in [-0.3, -0.25) is 0 Å². The maximum atomic E-state index is 12.2. The maximum absolute atomic E-state index is 12.2. The number of benzene rings is 1. The van der Waals surface area contributed by atoms with E-state index in [9.17, 15) is 9.90 Å². The van der Waals surface area contributed by atoms with Crippen LogP contribution in [0.4, 0.5) is 10.5 Å². The number of likely N-dealkylation sites (tertiary alicyclic amines) is 1. The third kappa shape index (κ3) is 3.64. The van der Waals surface area contributed by atoms with E-state index in [0.29, 0.717) is 24.5 Å². The Hall–Kier alpha value is -1.27. The summed E-state index contributed by atoms with van der Waals surface area (Å²) >= 11 is 3.38. The van der Waals surface area contributed by atoms with Crippen LogP contribution in [-0.4, -0.2) is 42.3 Å². The smallest absolute Gasteiger partial charge is 0.321 e. The topological polar surface area (TPSA) is 61.8 Å². The average molecular weight is 343 g/mol. The summed E-state index contributed by atoms with van der Waals surface area (Å²) in [6.07, 6.45) is 0.464. The summed E-state index contributed by atoms with van der Waals surface area (Å²) in [6.45, 7) is 3.03. The van der Waals surface area contributed by atoms with E-state index in [1.54, 1.807) is 25.0 Å². The predicted octanol–water partition coefficient (Wildman–Crippen LogP) is 2.69. The summed E-state index contributed by atoms with van der Waals surface area (Å²) in [7, 11) is 1.58. The van der Waals surface area contributed by atoms with E-state index in [1.807, 2.05) is 12.1 Å². The first kappa shape index (κ1) is 15.1. The van der Waals surface area contributed by atoms with Crippen LogP contribution in [0.2, 0.25) is 0 Å². The second kappa shape index (κ2) is 6.45. The number of methoxy groups -OCH3 is 1. The summed E-state index contributed by atoms with van der Waals surface area (Å²) < 4.78 is 6.01. The Balaban J connectivity index is 2.00. The number of aliphatic hydroxyl groups is 1. The third-order valence-corrected chi connectivity index (χ3v) is 4.01. The van der Waals surface area contributed by atoms with E-state index in [4.69, 9.17) is 4.74 Å². The second-order valence-corrected chi connectivity index (χ2v) is 5.96. The van der Waals surface area contributed by atoms with Crippen molar-refractivity contribution in [3.8, 4) is 5.75 Å². The molecule has 1 aromatic carbocycles. The number of hydrogen-bond donors (Lipinski definition) is 2. The molecule has 1 heterocycles. The van der Waals surface area contributed by atoms with Gasteiger partial charge in [0.2, 0.25) is 0 Å². The van der Waals surface area contributed by atoms with Crippen molar-refractivity contribution in [3.05, 3.63) is 22.7 Å². The largest absolute Gasteiger partial charge is 0.497 e. The van der Waals surface area contributed by atoms with Gasteiger partial charge in [-0.25, -0.2) is 4.79 Å². The molecule has 0 radical (unpaired) electrons. The number of aliphatic hydroxyl groups excluding tert-OH is 1. The molecule has 2 N–H and O–H groups in total. The summed E-state index contributed by atoms with van der Waals surface area (Å²) in [5.74, 6) is 0.843. The molecule has 0 saturated carbocycles. The minimum atomic E-state index is -0.376. The zero-order valence-corrected chi connectivity index (χ0v) is 13.2. The van der Waals surface area contributed by atoms with Gasteiger partial charge in [0, 0.05) is 35.2 Å². The Labute approximate surface area is 127 Å². The van der Waals surface area contributed by atoms with Gasteiger partial charge in [0.1, 0.15) is 5.75 Å². The highest BCUT2D eigenvalue weighted by Gasteiger charge is 2.29. The molecule has 5 nitrogen and oxygen atoms in total. The highest BCUT2D eigenvalue weighted by molar-refractivity contribution is 9.10. The van der Waals surface area contributed by atoms with Gasteiger partial charge in [-0.2, -0.15) is 0 Å². The molecule has 6 heteroatoms. The number of nitrogens with one attached hydrogen (secondary N) is 1. The van der Waals surface area contributed by atoms with E-state index in [-0.39, 0.29) is 18.1 Å². The van der Waals surface area contributed by atoms with Crippen LogP contribution in [0.15, 0.2) is 22.7 Å². The molecule has 1 aromatic rings. The first-order chi connectivity index (χ1) is 9.49. The van der Waals surface area contributed by atoms with Crippen LogP contribution < -0.4 is 10.1 Å². The molecule has 0 unspecified atom stereocenters. The predicted molar refractivity (Wildman–Crippen MR) is 81.1 cm³/mol. The molecular weight excluding hydrogens is 324 g/mol. The van der Waals surface area contributed by atoms with Crippen LogP contribution in [0.1, 0.15) is 13.3 Å². The lowest BCUT2D eigenvalue weighted by Gasteiger charge is -2.18. The number of rotatable bonds is 3. The van der Waals surface area contributed by atoms with E-state index in [1.165, 1.54) is 0 Å². The fourth-order valence-electron chi connectivity index (χ4n) is 2.32. The number of urea groups is 1. The lowest BCUT2D eigenvalue weighted by Crippen LogP contribution is -2.34. The lowest BCUT2D eigenvalue weighted by molar-refractivity contribution is 0.130. The van der Waals surface area contributed by atoms with Gasteiger partial charge < -0.3 is 20.1 Å². The van der Waals surface area contributed by atoms with Gasteiger partial charge in [-0.1, -0.05) is 15.9 Å². The summed E-state index contributed by atoms with van der Waals surface area (Å²) in [4.78, 5) is 13.9. The van der Waals surface area contributed by atoms with Crippen LogP contribution >= 0.6 is 15.9 Å². The molecule has 2 atom stereocenters. The minimum Gasteiger partial charge on any atom is -0.497 e. The fraction of sp³-hybridized carbons (Fsp3) is 0.500. The normalized spacial score (nSPS) is 19.8. The number of ether oxygens (including phenoxy) is 1. The third-order valence-electron chi connectivity index (χ3n) is 3.55. The maximum Gasteiger partial charge on any atom is 0.321 e. The minimum absolute atomic E-state index is 0.145. The molecule has 2 amide bonds. The molecule has 110 valence electrons. The number of halogens is 1. The number of amides is 2. The van der Waals surface area contributed by atoms with Crippen molar-refractivity contribution >= 4 is 27.6 Å². The SMILES string of the molecule is COc1cc(Br)cc(NC(=O)N2CC[C@@H]([C@H](C)O)C2)c1. The van der Waals surface area contributed by atoms with Gasteiger partial charge in [-0.05, 0) is 25.5 Å². The summed E-state index contributed by atoms with van der Waals surface area (Å²) in [6, 6.07) is 5.27. The highest BCUT2D eigenvalue weighted by atomic mass is 79.9. The van der Waals surface area contributed by atoms with Crippen molar-refractivity contribution in [2.24, 2.45) is 5.92 Å². The van der Waals surface area contributed by atoms with Crippen LogP contribution in [0.25, 0.3) is 0 Å².